The maximum Gasteiger partial charge on any atom is 0.410 e. The number of piperazine rings is 1. The summed E-state index contributed by atoms with van der Waals surface area (Å²) in [5, 5.41) is 3.49. The van der Waals surface area contributed by atoms with Crippen LogP contribution in [0.15, 0.2) is 29.3 Å². The molecule has 1 fully saturated rings. The molecule has 0 spiro atoms. The van der Waals surface area contributed by atoms with Crippen molar-refractivity contribution < 1.29 is 9.53 Å². The molecule has 1 amide bonds. The second kappa shape index (κ2) is 7.57. The molecule has 3 heterocycles. The predicted octanol–water partition coefficient (Wildman–Crippen LogP) is 2.23. The molecule has 8 nitrogen and oxygen atoms in total. The lowest BCUT2D eigenvalue weighted by Gasteiger charge is -2.39. The molecule has 0 aliphatic carbocycles. The molecular formula is C21H30N6O2. The first-order valence-electron chi connectivity index (χ1n) is 10.3. The number of rotatable bonds is 3. The standard InChI is InChI=1S/C21H30N6O2/c1-15-24-17-7-5-6-8-18(17)26(15)10-9-22-19-23-13-16-14-25(11-12-27(16)19)20(28)29-21(2,3)4/h5-8,16H,9-14H2,1-4H3,(H,22,23). The highest BCUT2D eigenvalue weighted by Gasteiger charge is 2.36. The van der Waals surface area contributed by atoms with Gasteiger partial charge in [-0.05, 0) is 39.8 Å². The molecule has 1 unspecified atom stereocenters. The minimum Gasteiger partial charge on any atom is -0.444 e. The van der Waals surface area contributed by atoms with Gasteiger partial charge in [0.1, 0.15) is 11.4 Å². The third-order valence-corrected chi connectivity index (χ3v) is 5.32. The van der Waals surface area contributed by atoms with Gasteiger partial charge in [0.25, 0.3) is 0 Å². The molecule has 2 aromatic rings. The van der Waals surface area contributed by atoms with E-state index in [-0.39, 0.29) is 12.1 Å². The highest BCUT2D eigenvalue weighted by molar-refractivity contribution is 5.82. The first-order valence-corrected chi connectivity index (χ1v) is 10.3. The number of guanidine groups is 1. The van der Waals surface area contributed by atoms with Crippen LogP contribution in [-0.4, -0.2) is 75.8 Å². The Bertz CT molecular complexity index is 929. The number of carbonyl (C=O) groups excluding carboxylic acids is 1. The summed E-state index contributed by atoms with van der Waals surface area (Å²) in [6.07, 6.45) is -0.235. The highest BCUT2D eigenvalue weighted by Crippen LogP contribution is 2.19. The number of ether oxygens (including phenoxy) is 1. The van der Waals surface area contributed by atoms with E-state index in [1.165, 1.54) is 0 Å². The van der Waals surface area contributed by atoms with Crippen molar-refractivity contribution in [2.75, 3.05) is 32.7 Å². The van der Waals surface area contributed by atoms with Crippen LogP contribution in [0, 0.1) is 6.92 Å². The van der Waals surface area contributed by atoms with E-state index in [0.717, 1.165) is 42.5 Å². The zero-order chi connectivity index (χ0) is 20.6. The molecule has 1 N–H and O–H groups in total. The monoisotopic (exact) mass is 398 g/mol. The van der Waals surface area contributed by atoms with Crippen molar-refractivity contribution in [1.29, 1.82) is 0 Å². The molecular weight excluding hydrogens is 368 g/mol. The van der Waals surface area contributed by atoms with Crippen molar-refractivity contribution >= 4 is 23.1 Å². The van der Waals surface area contributed by atoms with Gasteiger partial charge in [0, 0.05) is 32.7 Å². The summed E-state index contributed by atoms with van der Waals surface area (Å²) in [4.78, 5) is 25.7. The molecule has 0 bridgehead atoms. The third-order valence-electron chi connectivity index (χ3n) is 5.32. The lowest BCUT2D eigenvalue weighted by atomic mass is 10.2. The Morgan fingerprint density at radius 2 is 2.07 bits per heavy atom. The van der Waals surface area contributed by atoms with Crippen molar-refractivity contribution in [2.45, 2.75) is 45.9 Å². The van der Waals surface area contributed by atoms with E-state index >= 15 is 0 Å². The van der Waals surface area contributed by atoms with Gasteiger partial charge in [-0.25, -0.2) is 9.78 Å². The van der Waals surface area contributed by atoms with Crippen LogP contribution in [0.25, 0.3) is 11.0 Å². The van der Waals surface area contributed by atoms with Crippen LogP contribution in [0.3, 0.4) is 0 Å². The van der Waals surface area contributed by atoms with Crippen LogP contribution < -0.4 is 5.32 Å². The zero-order valence-electron chi connectivity index (χ0n) is 17.7. The number of hydrogen-bond donors (Lipinski definition) is 1. The van der Waals surface area contributed by atoms with Crippen LogP contribution in [0.4, 0.5) is 4.79 Å². The largest absolute Gasteiger partial charge is 0.444 e. The molecule has 0 saturated carbocycles. The van der Waals surface area contributed by atoms with Crippen LogP contribution in [0.2, 0.25) is 0 Å². The molecule has 156 valence electrons. The fourth-order valence-corrected chi connectivity index (χ4v) is 3.98. The summed E-state index contributed by atoms with van der Waals surface area (Å²) >= 11 is 0. The first kappa shape index (κ1) is 19.5. The van der Waals surface area contributed by atoms with Gasteiger partial charge in [-0.3, -0.25) is 4.99 Å². The molecule has 1 aromatic carbocycles. The van der Waals surface area contributed by atoms with Crippen LogP contribution in [-0.2, 0) is 11.3 Å². The first-order chi connectivity index (χ1) is 13.8. The van der Waals surface area contributed by atoms with Gasteiger partial charge in [0.15, 0.2) is 5.96 Å². The number of carbonyl (C=O) groups is 1. The molecule has 8 heteroatoms. The predicted molar refractivity (Wildman–Crippen MR) is 113 cm³/mol. The Labute approximate surface area is 171 Å². The number of amides is 1. The number of aryl methyl sites for hydroxylation is 1. The molecule has 29 heavy (non-hydrogen) atoms. The van der Waals surface area contributed by atoms with Gasteiger partial charge in [-0.15, -0.1) is 0 Å². The third kappa shape index (κ3) is 4.16. The highest BCUT2D eigenvalue weighted by atomic mass is 16.6. The van der Waals surface area contributed by atoms with E-state index < -0.39 is 5.60 Å². The van der Waals surface area contributed by atoms with Gasteiger partial charge < -0.3 is 24.4 Å². The van der Waals surface area contributed by atoms with Gasteiger partial charge in [-0.2, -0.15) is 0 Å². The van der Waals surface area contributed by atoms with Crippen LogP contribution in [0.1, 0.15) is 26.6 Å². The maximum atomic E-state index is 12.3. The fraction of sp³-hybridized carbons (Fsp3) is 0.571. The Kier molecular flexibility index (Phi) is 5.10. The normalized spacial score (nSPS) is 19.3. The van der Waals surface area contributed by atoms with Crippen molar-refractivity contribution in [3.8, 4) is 0 Å². The second-order valence-corrected chi connectivity index (χ2v) is 8.66. The molecule has 2 aliphatic heterocycles. The number of nitrogens with zero attached hydrogens (tertiary/aromatic N) is 5. The number of imidazole rings is 1. The minimum atomic E-state index is -0.470. The quantitative estimate of drug-likeness (QED) is 0.858. The average Bonchev–Trinajstić information content (AvgIpc) is 3.21. The Balaban J connectivity index is 1.31. The Morgan fingerprint density at radius 1 is 1.28 bits per heavy atom. The van der Waals surface area contributed by atoms with E-state index in [2.05, 4.69) is 30.8 Å². The number of aromatic nitrogens is 2. The van der Waals surface area contributed by atoms with Crippen LogP contribution >= 0.6 is 0 Å². The second-order valence-electron chi connectivity index (χ2n) is 8.66. The molecule has 1 saturated heterocycles. The summed E-state index contributed by atoms with van der Waals surface area (Å²) < 4.78 is 7.74. The summed E-state index contributed by atoms with van der Waals surface area (Å²) in [6.45, 7) is 12.1. The summed E-state index contributed by atoms with van der Waals surface area (Å²) in [5.74, 6) is 1.95. The topological polar surface area (TPSA) is 75.0 Å². The van der Waals surface area contributed by atoms with E-state index in [0.29, 0.717) is 19.6 Å². The van der Waals surface area contributed by atoms with Crippen LogP contribution in [0.5, 0.6) is 0 Å². The summed E-state index contributed by atoms with van der Waals surface area (Å²) in [5.41, 5.74) is 1.72. The van der Waals surface area contributed by atoms with E-state index in [4.69, 9.17) is 4.74 Å². The van der Waals surface area contributed by atoms with Crippen molar-refractivity contribution in [2.24, 2.45) is 4.99 Å². The summed E-state index contributed by atoms with van der Waals surface area (Å²) in [7, 11) is 0. The number of para-hydroxylation sites is 2. The van der Waals surface area contributed by atoms with Crippen molar-refractivity contribution in [3.63, 3.8) is 0 Å². The van der Waals surface area contributed by atoms with E-state index in [9.17, 15) is 4.79 Å². The fourth-order valence-electron chi connectivity index (χ4n) is 3.98. The molecule has 2 aliphatic rings. The van der Waals surface area contributed by atoms with Crippen molar-refractivity contribution in [1.82, 2.24) is 24.7 Å². The van der Waals surface area contributed by atoms with Crippen molar-refractivity contribution in [3.05, 3.63) is 30.1 Å². The van der Waals surface area contributed by atoms with Gasteiger partial charge in [-0.1, -0.05) is 12.1 Å². The molecule has 1 aromatic heterocycles. The zero-order valence-corrected chi connectivity index (χ0v) is 17.7. The molecule has 1 atom stereocenters. The maximum absolute atomic E-state index is 12.3. The summed E-state index contributed by atoms with van der Waals surface area (Å²) in [6, 6.07) is 8.43. The Hall–Kier alpha value is -2.77. The van der Waals surface area contributed by atoms with Gasteiger partial charge in [0.05, 0.1) is 23.6 Å². The van der Waals surface area contributed by atoms with Gasteiger partial charge >= 0.3 is 6.09 Å². The number of aliphatic imine (C=N–C) groups is 1. The number of hydrogen-bond acceptors (Lipinski definition) is 6. The molecule has 0 radical (unpaired) electrons. The van der Waals surface area contributed by atoms with E-state index in [1.54, 1.807) is 4.90 Å². The minimum absolute atomic E-state index is 0.217. The Morgan fingerprint density at radius 3 is 2.86 bits per heavy atom. The van der Waals surface area contributed by atoms with Gasteiger partial charge in [0.2, 0.25) is 0 Å². The van der Waals surface area contributed by atoms with E-state index in [1.807, 2.05) is 45.9 Å². The lowest BCUT2D eigenvalue weighted by Crippen LogP contribution is -2.57. The SMILES string of the molecule is Cc1nc2ccccc2n1CCNC1=NCC2CN(C(=O)OC(C)(C)C)CCN12. The lowest BCUT2D eigenvalue weighted by molar-refractivity contribution is 0.0137. The number of nitrogens with one attached hydrogen (secondary N) is 1. The molecule has 4 rings (SSSR count). The average molecular weight is 399 g/mol. The number of fused-ring (bicyclic) bond motifs is 2. The smallest absolute Gasteiger partial charge is 0.410 e. The number of benzene rings is 1.